The van der Waals surface area contributed by atoms with E-state index in [0.717, 1.165) is 18.5 Å². The summed E-state index contributed by atoms with van der Waals surface area (Å²) in [5.41, 5.74) is 0.927. The summed E-state index contributed by atoms with van der Waals surface area (Å²) < 4.78 is 5.53. The van der Waals surface area contributed by atoms with Crippen LogP contribution in [0.2, 0.25) is 0 Å². The number of hydrogen-bond acceptors (Lipinski definition) is 3. The zero-order valence-corrected chi connectivity index (χ0v) is 9.16. The zero-order chi connectivity index (χ0) is 10.4. The minimum Gasteiger partial charge on any atom is -0.473 e. The van der Waals surface area contributed by atoms with Crippen LogP contribution in [0, 0.1) is 6.92 Å². The molecule has 1 saturated carbocycles. The quantitative estimate of drug-likeness (QED) is 0.726. The summed E-state index contributed by atoms with van der Waals surface area (Å²) in [5.74, 6) is 0.658. The first-order chi connectivity index (χ1) is 6.84. The molecule has 3 nitrogen and oxygen atoms in total. The Kier molecular flexibility index (Phi) is 4.36. The van der Waals surface area contributed by atoms with Crippen LogP contribution in [0.4, 0.5) is 0 Å². The molecule has 14 heavy (non-hydrogen) atoms. The van der Waals surface area contributed by atoms with Gasteiger partial charge in [0.1, 0.15) is 6.10 Å². The summed E-state index contributed by atoms with van der Waals surface area (Å²) in [4.78, 5) is 8.22. The van der Waals surface area contributed by atoms with Gasteiger partial charge >= 0.3 is 0 Å². The fourth-order valence-corrected chi connectivity index (χ4v) is 1.10. The summed E-state index contributed by atoms with van der Waals surface area (Å²) in [6.07, 6.45) is 7.42. The van der Waals surface area contributed by atoms with Crippen LogP contribution in [0.15, 0.2) is 12.4 Å². The Morgan fingerprint density at radius 3 is 2.36 bits per heavy atom. The second-order valence-electron chi connectivity index (χ2n) is 3.17. The Bertz CT molecular complexity index is 254. The molecule has 0 aromatic carbocycles. The van der Waals surface area contributed by atoms with Gasteiger partial charge in [-0.15, -0.1) is 0 Å². The molecule has 0 atom stereocenters. The van der Waals surface area contributed by atoms with E-state index in [4.69, 9.17) is 4.74 Å². The highest BCUT2D eigenvalue weighted by Crippen LogP contribution is 2.23. The Morgan fingerprint density at radius 2 is 1.93 bits per heavy atom. The van der Waals surface area contributed by atoms with Crippen molar-refractivity contribution in [3.8, 4) is 5.88 Å². The van der Waals surface area contributed by atoms with Crippen LogP contribution in [0.3, 0.4) is 0 Å². The molecule has 0 radical (unpaired) electrons. The summed E-state index contributed by atoms with van der Waals surface area (Å²) >= 11 is 0. The van der Waals surface area contributed by atoms with E-state index in [0.29, 0.717) is 12.0 Å². The van der Waals surface area contributed by atoms with Crippen LogP contribution in [0.1, 0.15) is 38.8 Å². The van der Waals surface area contributed by atoms with E-state index >= 15 is 0 Å². The van der Waals surface area contributed by atoms with Crippen LogP contribution < -0.4 is 4.74 Å². The molecule has 0 unspecified atom stereocenters. The predicted molar refractivity (Wildman–Crippen MR) is 56.4 cm³/mol. The van der Waals surface area contributed by atoms with Crippen LogP contribution >= 0.6 is 0 Å². The Hall–Kier alpha value is -1.12. The van der Waals surface area contributed by atoms with E-state index in [9.17, 15) is 0 Å². The molecule has 0 spiro atoms. The monoisotopic (exact) mass is 194 g/mol. The average Bonchev–Trinajstić information content (AvgIpc) is 2.17. The largest absolute Gasteiger partial charge is 0.473 e. The average molecular weight is 194 g/mol. The third-order valence-electron chi connectivity index (χ3n) is 2.10. The number of nitrogens with zero attached hydrogens (tertiary/aromatic N) is 2. The molecular weight excluding hydrogens is 176 g/mol. The second-order valence-corrected chi connectivity index (χ2v) is 3.17. The molecule has 0 amide bonds. The van der Waals surface area contributed by atoms with Gasteiger partial charge in [-0.05, 0) is 26.2 Å². The summed E-state index contributed by atoms with van der Waals surface area (Å²) in [7, 11) is 0. The van der Waals surface area contributed by atoms with Crippen molar-refractivity contribution in [2.24, 2.45) is 0 Å². The van der Waals surface area contributed by atoms with Crippen molar-refractivity contribution in [1.29, 1.82) is 0 Å². The van der Waals surface area contributed by atoms with E-state index in [1.54, 1.807) is 12.4 Å². The Labute approximate surface area is 85.5 Å². The van der Waals surface area contributed by atoms with Crippen LogP contribution in [-0.4, -0.2) is 16.1 Å². The van der Waals surface area contributed by atoms with Gasteiger partial charge in [-0.3, -0.25) is 4.98 Å². The fraction of sp³-hybridized carbons (Fsp3) is 0.636. The van der Waals surface area contributed by atoms with Crippen molar-refractivity contribution in [2.45, 2.75) is 46.1 Å². The number of aromatic nitrogens is 2. The molecule has 0 bridgehead atoms. The Balaban J connectivity index is 0.000000461. The lowest BCUT2D eigenvalue weighted by Crippen LogP contribution is -2.25. The number of hydrogen-bond donors (Lipinski definition) is 0. The summed E-state index contributed by atoms with van der Waals surface area (Å²) in [6.45, 7) is 5.92. The molecule has 1 aliphatic carbocycles. The fourth-order valence-electron chi connectivity index (χ4n) is 1.10. The molecule has 1 aromatic rings. The van der Waals surface area contributed by atoms with Gasteiger partial charge in [-0.25, -0.2) is 4.98 Å². The zero-order valence-electron chi connectivity index (χ0n) is 9.16. The molecule has 78 valence electrons. The number of rotatable bonds is 2. The maximum Gasteiger partial charge on any atom is 0.232 e. The normalized spacial score (nSPS) is 15.1. The van der Waals surface area contributed by atoms with Crippen LogP contribution in [-0.2, 0) is 0 Å². The SMILES string of the molecule is CC.Cc1cnc(OC2CCC2)cn1. The van der Waals surface area contributed by atoms with Crippen LogP contribution in [0.25, 0.3) is 0 Å². The van der Waals surface area contributed by atoms with Crippen molar-refractivity contribution in [1.82, 2.24) is 9.97 Å². The lowest BCUT2D eigenvalue weighted by Gasteiger charge is -2.25. The smallest absolute Gasteiger partial charge is 0.232 e. The molecule has 0 saturated heterocycles. The van der Waals surface area contributed by atoms with Gasteiger partial charge in [0.05, 0.1) is 18.1 Å². The van der Waals surface area contributed by atoms with E-state index in [1.807, 2.05) is 20.8 Å². The van der Waals surface area contributed by atoms with Crippen molar-refractivity contribution in [3.63, 3.8) is 0 Å². The lowest BCUT2D eigenvalue weighted by molar-refractivity contribution is 0.114. The standard InChI is InChI=1S/C9H12N2O.C2H6/c1-7-5-11-9(6-10-7)12-8-3-2-4-8;1-2/h5-6,8H,2-4H2,1H3;1-2H3. The molecule has 3 heteroatoms. The van der Waals surface area contributed by atoms with Gasteiger partial charge in [0.25, 0.3) is 0 Å². The van der Waals surface area contributed by atoms with E-state index < -0.39 is 0 Å². The van der Waals surface area contributed by atoms with Crippen LogP contribution in [0.5, 0.6) is 5.88 Å². The number of aryl methyl sites for hydroxylation is 1. The Morgan fingerprint density at radius 1 is 1.21 bits per heavy atom. The lowest BCUT2D eigenvalue weighted by atomic mass is 9.96. The third kappa shape index (κ3) is 2.98. The molecule has 1 heterocycles. The van der Waals surface area contributed by atoms with Gasteiger partial charge < -0.3 is 4.74 Å². The van der Waals surface area contributed by atoms with Crippen molar-refractivity contribution in [2.75, 3.05) is 0 Å². The van der Waals surface area contributed by atoms with Gasteiger partial charge in [0.15, 0.2) is 0 Å². The molecule has 1 fully saturated rings. The minimum absolute atomic E-state index is 0.391. The molecule has 1 aromatic heterocycles. The first-order valence-electron chi connectivity index (χ1n) is 5.30. The van der Waals surface area contributed by atoms with Crippen molar-refractivity contribution in [3.05, 3.63) is 18.1 Å². The first-order valence-corrected chi connectivity index (χ1v) is 5.30. The van der Waals surface area contributed by atoms with E-state index in [1.165, 1.54) is 6.42 Å². The van der Waals surface area contributed by atoms with Gasteiger partial charge in [-0.2, -0.15) is 0 Å². The number of ether oxygens (including phenoxy) is 1. The molecule has 1 aliphatic rings. The molecule has 2 rings (SSSR count). The second kappa shape index (κ2) is 5.58. The summed E-state index contributed by atoms with van der Waals surface area (Å²) in [6, 6.07) is 0. The van der Waals surface area contributed by atoms with Gasteiger partial charge in [-0.1, -0.05) is 13.8 Å². The maximum absolute atomic E-state index is 5.53. The molecular formula is C11H18N2O. The predicted octanol–water partition coefficient (Wildman–Crippen LogP) is 2.74. The van der Waals surface area contributed by atoms with Crippen molar-refractivity contribution < 1.29 is 4.74 Å². The first kappa shape index (κ1) is 11.0. The van der Waals surface area contributed by atoms with E-state index in [2.05, 4.69) is 9.97 Å². The highest BCUT2D eigenvalue weighted by molar-refractivity contribution is 5.06. The highest BCUT2D eigenvalue weighted by atomic mass is 16.5. The maximum atomic E-state index is 5.53. The van der Waals surface area contributed by atoms with Gasteiger partial charge in [0.2, 0.25) is 5.88 Å². The highest BCUT2D eigenvalue weighted by Gasteiger charge is 2.19. The topological polar surface area (TPSA) is 35.0 Å². The molecule has 0 N–H and O–H groups in total. The van der Waals surface area contributed by atoms with Crippen molar-refractivity contribution >= 4 is 0 Å². The minimum atomic E-state index is 0.391. The molecule has 0 aliphatic heterocycles. The summed E-state index contributed by atoms with van der Waals surface area (Å²) in [5, 5.41) is 0. The third-order valence-corrected chi connectivity index (χ3v) is 2.10. The van der Waals surface area contributed by atoms with E-state index in [-0.39, 0.29) is 0 Å². The van der Waals surface area contributed by atoms with Gasteiger partial charge in [0, 0.05) is 0 Å².